The van der Waals surface area contributed by atoms with Gasteiger partial charge in [-0.1, -0.05) is 36.6 Å². The van der Waals surface area contributed by atoms with E-state index in [1.807, 2.05) is 24.3 Å². The second-order valence-electron chi connectivity index (χ2n) is 4.42. The van der Waals surface area contributed by atoms with Gasteiger partial charge in [0.2, 0.25) is 0 Å². The van der Waals surface area contributed by atoms with Crippen molar-refractivity contribution in [2.45, 2.75) is 44.4 Å². The van der Waals surface area contributed by atoms with Crippen LogP contribution in [0.3, 0.4) is 0 Å². The minimum Gasteiger partial charge on any atom is -0.372 e. The first-order valence-electron chi connectivity index (χ1n) is 5.87. The van der Waals surface area contributed by atoms with Crippen molar-refractivity contribution in [3.05, 3.63) is 34.9 Å². The maximum absolute atomic E-state index is 6.02. The third kappa shape index (κ3) is 3.21. The normalized spacial score (nSPS) is 25.6. The smallest absolute Gasteiger partial charge is 0.0730 e. The maximum Gasteiger partial charge on any atom is 0.0730 e. The third-order valence-electron chi connectivity index (χ3n) is 3.13. The first kappa shape index (κ1) is 11.9. The molecule has 2 rings (SSSR count). The summed E-state index contributed by atoms with van der Waals surface area (Å²) in [4.78, 5) is 0. The van der Waals surface area contributed by atoms with E-state index in [-0.39, 0.29) is 12.1 Å². The largest absolute Gasteiger partial charge is 0.372 e. The van der Waals surface area contributed by atoms with Crippen LogP contribution in [-0.2, 0) is 11.3 Å². The van der Waals surface area contributed by atoms with Crippen LogP contribution >= 0.6 is 11.6 Å². The number of rotatable bonds is 3. The molecule has 1 saturated carbocycles. The van der Waals surface area contributed by atoms with Crippen molar-refractivity contribution in [1.29, 1.82) is 0 Å². The molecule has 1 aliphatic carbocycles. The van der Waals surface area contributed by atoms with E-state index in [4.69, 9.17) is 22.1 Å². The van der Waals surface area contributed by atoms with E-state index in [2.05, 4.69) is 0 Å². The van der Waals surface area contributed by atoms with Crippen LogP contribution in [0.2, 0.25) is 5.02 Å². The number of hydrogen-bond donors (Lipinski definition) is 1. The molecular weight excluding hydrogens is 222 g/mol. The Bertz CT molecular complexity index is 325. The molecule has 2 unspecified atom stereocenters. The molecule has 88 valence electrons. The summed E-state index contributed by atoms with van der Waals surface area (Å²) in [6.07, 6.45) is 4.88. The van der Waals surface area contributed by atoms with Gasteiger partial charge in [0.1, 0.15) is 0 Å². The molecule has 2 atom stereocenters. The predicted molar refractivity (Wildman–Crippen MR) is 66.5 cm³/mol. The number of benzene rings is 1. The van der Waals surface area contributed by atoms with Crippen molar-refractivity contribution in [1.82, 2.24) is 0 Å². The van der Waals surface area contributed by atoms with Gasteiger partial charge in [-0.3, -0.25) is 0 Å². The monoisotopic (exact) mass is 239 g/mol. The van der Waals surface area contributed by atoms with Crippen LogP contribution in [0, 0.1) is 0 Å². The van der Waals surface area contributed by atoms with Crippen molar-refractivity contribution in [2.24, 2.45) is 5.73 Å². The zero-order chi connectivity index (χ0) is 11.4. The minimum absolute atomic E-state index is 0.209. The number of ether oxygens (including phenoxy) is 1. The first-order chi connectivity index (χ1) is 7.75. The van der Waals surface area contributed by atoms with E-state index >= 15 is 0 Å². The lowest BCUT2D eigenvalue weighted by Gasteiger charge is -2.28. The van der Waals surface area contributed by atoms with Gasteiger partial charge in [-0.15, -0.1) is 0 Å². The lowest BCUT2D eigenvalue weighted by Crippen LogP contribution is -2.39. The number of nitrogens with two attached hydrogens (primary N) is 1. The fraction of sp³-hybridized carbons (Fsp3) is 0.538. The van der Waals surface area contributed by atoms with Crippen LogP contribution in [0.25, 0.3) is 0 Å². The van der Waals surface area contributed by atoms with Crippen LogP contribution in [0.15, 0.2) is 24.3 Å². The van der Waals surface area contributed by atoms with Crippen LogP contribution in [-0.4, -0.2) is 12.1 Å². The molecule has 0 bridgehead atoms. The second-order valence-corrected chi connectivity index (χ2v) is 4.86. The van der Waals surface area contributed by atoms with Gasteiger partial charge < -0.3 is 10.5 Å². The van der Waals surface area contributed by atoms with Crippen molar-refractivity contribution >= 4 is 11.6 Å². The summed E-state index contributed by atoms with van der Waals surface area (Å²) in [5.74, 6) is 0. The van der Waals surface area contributed by atoms with Crippen molar-refractivity contribution < 1.29 is 4.74 Å². The summed E-state index contributed by atoms with van der Waals surface area (Å²) in [6, 6.07) is 7.98. The van der Waals surface area contributed by atoms with Gasteiger partial charge in [-0.25, -0.2) is 0 Å². The Balaban J connectivity index is 1.84. The van der Waals surface area contributed by atoms with Crippen LogP contribution in [0.1, 0.15) is 31.2 Å². The summed E-state index contributed by atoms with van der Waals surface area (Å²) in [5.41, 5.74) is 7.18. The highest BCUT2D eigenvalue weighted by Crippen LogP contribution is 2.21. The van der Waals surface area contributed by atoms with E-state index in [1.165, 1.54) is 12.8 Å². The highest BCUT2D eigenvalue weighted by molar-refractivity contribution is 6.30. The van der Waals surface area contributed by atoms with Crippen molar-refractivity contribution in [2.75, 3.05) is 0 Å². The van der Waals surface area contributed by atoms with E-state index in [1.54, 1.807) is 0 Å². The van der Waals surface area contributed by atoms with Gasteiger partial charge in [0.15, 0.2) is 0 Å². The average Bonchev–Trinajstić information content (AvgIpc) is 2.30. The van der Waals surface area contributed by atoms with Gasteiger partial charge in [0.05, 0.1) is 12.7 Å². The standard InChI is InChI=1S/C13H18ClNO/c14-11-7-5-10(6-8-11)9-16-13-4-2-1-3-12(13)15/h5-8,12-13H,1-4,9,15H2. The Morgan fingerprint density at radius 3 is 2.56 bits per heavy atom. The Labute approximate surface area is 102 Å². The predicted octanol–water partition coefficient (Wildman–Crippen LogP) is 3.13. The van der Waals surface area contributed by atoms with Gasteiger partial charge >= 0.3 is 0 Å². The van der Waals surface area contributed by atoms with E-state index in [0.29, 0.717) is 6.61 Å². The topological polar surface area (TPSA) is 35.2 Å². The zero-order valence-corrected chi connectivity index (χ0v) is 10.1. The van der Waals surface area contributed by atoms with Gasteiger partial charge in [0, 0.05) is 11.1 Å². The van der Waals surface area contributed by atoms with Crippen LogP contribution < -0.4 is 5.73 Å². The molecule has 0 saturated heterocycles. The lowest BCUT2D eigenvalue weighted by molar-refractivity contribution is 0.00405. The molecule has 1 fully saturated rings. The molecule has 0 radical (unpaired) electrons. The van der Waals surface area contributed by atoms with Crippen LogP contribution in [0.4, 0.5) is 0 Å². The molecule has 0 aliphatic heterocycles. The summed E-state index contributed by atoms with van der Waals surface area (Å²) in [5, 5.41) is 0.762. The van der Waals surface area contributed by atoms with Crippen molar-refractivity contribution in [3.63, 3.8) is 0 Å². The van der Waals surface area contributed by atoms with Crippen LogP contribution in [0.5, 0.6) is 0 Å². The molecule has 0 heterocycles. The Kier molecular flexibility index (Phi) is 4.22. The summed E-state index contributed by atoms with van der Waals surface area (Å²) >= 11 is 5.82. The SMILES string of the molecule is NC1CCCCC1OCc1ccc(Cl)cc1. The Morgan fingerprint density at radius 2 is 1.88 bits per heavy atom. The fourth-order valence-corrected chi connectivity index (χ4v) is 2.24. The van der Waals surface area contributed by atoms with E-state index in [9.17, 15) is 0 Å². The molecular formula is C13H18ClNO. The fourth-order valence-electron chi connectivity index (χ4n) is 2.12. The first-order valence-corrected chi connectivity index (χ1v) is 6.25. The number of hydrogen-bond acceptors (Lipinski definition) is 2. The highest BCUT2D eigenvalue weighted by atomic mass is 35.5. The molecule has 0 spiro atoms. The molecule has 0 amide bonds. The lowest BCUT2D eigenvalue weighted by atomic mass is 9.93. The molecule has 1 aliphatic rings. The second kappa shape index (κ2) is 5.67. The summed E-state index contributed by atoms with van der Waals surface area (Å²) in [7, 11) is 0. The Hall–Kier alpha value is -0.570. The summed E-state index contributed by atoms with van der Waals surface area (Å²) in [6.45, 7) is 0.634. The molecule has 3 heteroatoms. The molecule has 2 N–H and O–H groups in total. The minimum atomic E-state index is 0.209. The van der Waals surface area contributed by atoms with Gasteiger partial charge in [-0.05, 0) is 30.5 Å². The zero-order valence-electron chi connectivity index (χ0n) is 9.36. The molecule has 1 aromatic rings. The molecule has 2 nitrogen and oxygen atoms in total. The molecule has 1 aromatic carbocycles. The summed E-state index contributed by atoms with van der Waals surface area (Å²) < 4.78 is 5.85. The van der Waals surface area contributed by atoms with Gasteiger partial charge in [0.25, 0.3) is 0 Å². The third-order valence-corrected chi connectivity index (χ3v) is 3.38. The van der Waals surface area contributed by atoms with E-state index in [0.717, 1.165) is 23.4 Å². The van der Waals surface area contributed by atoms with Gasteiger partial charge in [-0.2, -0.15) is 0 Å². The molecule has 16 heavy (non-hydrogen) atoms. The Morgan fingerprint density at radius 1 is 1.19 bits per heavy atom. The van der Waals surface area contributed by atoms with E-state index < -0.39 is 0 Å². The molecule has 0 aromatic heterocycles. The highest BCUT2D eigenvalue weighted by Gasteiger charge is 2.22. The maximum atomic E-state index is 6.02. The number of halogens is 1. The van der Waals surface area contributed by atoms with Crippen molar-refractivity contribution in [3.8, 4) is 0 Å². The quantitative estimate of drug-likeness (QED) is 0.880. The average molecular weight is 240 g/mol.